The van der Waals surface area contributed by atoms with E-state index in [9.17, 15) is 13.2 Å². The van der Waals surface area contributed by atoms with Crippen molar-refractivity contribution in [2.45, 2.75) is 6.18 Å². The highest BCUT2D eigenvalue weighted by molar-refractivity contribution is 9.10. The van der Waals surface area contributed by atoms with Crippen LogP contribution < -0.4 is 5.32 Å². The van der Waals surface area contributed by atoms with Crippen LogP contribution >= 0.6 is 27.5 Å². The Morgan fingerprint density at radius 3 is 2.47 bits per heavy atom. The Labute approximate surface area is 120 Å². The largest absolute Gasteiger partial charge is 0.416 e. The molecule has 1 aromatic carbocycles. The molecular weight excluding hydrogens is 344 g/mol. The van der Waals surface area contributed by atoms with Crippen molar-refractivity contribution in [2.24, 2.45) is 0 Å². The van der Waals surface area contributed by atoms with Crippen LogP contribution in [0.1, 0.15) is 5.56 Å². The van der Waals surface area contributed by atoms with Crippen molar-refractivity contribution in [3.63, 3.8) is 0 Å². The van der Waals surface area contributed by atoms with Gasteiger partial charge in [0.25, 0.3) is 0 Å². The number of halogens is 5. The van der Waals surface area contributed by atoms with E-state index in [0.29, 0.717) is 15.3 Å². The summed E-state index contributed by atoms with van der Waals surface area (Å²) in [5.41, 5.74) is -0.447. The van der Waals surface area contributed by atoms with Crippen LogP contribution in [0.25, 0.3) is 0 Å². The minimum atomic E-state index is -4.38. The SMILES string of the molecule is FC(F)(F)c1ccc(Br)c(Nc2ccc(Cl)cn2)c1. The monoisotopic (exact) mass is 350 g/mol. The first-order chi connectivity index (χ1) is 8.86. The summed E-state index contributed by atoms with van der Waals surface area (Å²) >= 11 is 8.87. The smallest absolute Gasteiger partial charge is 0.339 e. The fraction of sp³-hybridized carbons (Fsp3) is 0.0833. The van der Waals surface area contributed by atoms with E-state index in [1.807, 2.05) is 0 Å². The van der Waals surface area contributed by atoms with Gasteiger partial charge in [-0.25, -0.2) is 4.98 Å². The first-order valence-corrected chi connectivity index (χ1v) is 6.29. The molecule has 0 unspecified atom stereocenters. The highest BCUT2D eigenvalue weighted by Crippen LogP contribution is 2.34. The third-order valence-corrected chi connectivity index (χ3v) is 3.20. The van der Waals surface area contributed by atoms with Gasteiger partial charge in [-0.1, -0.05) is 11.6 Å². The number of alkyl halides is 3. The molecule has 7 heteroatoms. The number of nitrogens with zero attached hydrogens (tertiary/aromatic N) is 1. The van der Waals surface area contributed by atoms with Crippen molar-refractivity contribution in [1.29, 1.82) is 0 Å². The van der Waals surface area contributed by atoms with Crippen LogP contribution in [0.15, 0.2) is 41.0 Å². The van der Waals surface area contributed by atoms with Crippen LogP contribution in [0.3, 0.4) is 0 Å². The normalized spacial score (nSPS) is 11.4. The molecule has 0 aliphatic rings. The van der Waals surface area contributed by atoms with Crippen LogP contribution in [-0.2, 0) is 6.18 Å². The summed E-state index contributed by atoms with van der Waals surface area (Å²) in [5, 5.41) is 3.25. The van der Waals surface area contributed by atoms with Crippen molar-refractivity contribution in [2.75, 3.05) is 5.32 Å². The van der Waals surface area contributed by atoms with Crippen LogP contribution in [0.2, 0.25) is 5.02 Å². The van der Waals surface area contributed by atoms with Crippen LogP contribution in [-0.4, -0.2) is 4.98 Å². The molecule has 1 heterocycles. The minimum Gasteiger partial charge on any atom is -0.339 e. The molecule has 0 bridgehead atoms. The van der Waals surface area contributed by atoms with Crippen LogP contribution in [0.5, 0.6) is 0 Å². The number of pyridine rings is 1. The number of rotatable bonds is 2. The summed E-state index contributed by atoms with van der Waals surface area (Å²) in [6.45, 7) is 0. The number of hydrogen-bond donors (Lipinski definition) is 1. The molecule has 1 aromatic heterocycles. The first kappa shape index (κ1) is 14.1. The van der Waals surface area contributed by atoms with Gasteiger partial charge in [0.1, 0.15) is 5.82 Å². The van der Waals surface area contributed by atoms with E-state index in [-0.39, 0.29) is 5.69 Å². The predicted molar refractivity (Wildman–Crippen MR) is 71.7 cm³/mol. The van der Waals surface area contributed by atoms with Crippen molar-refractivity contribution in [3.8, 4) is 0 Å². The fourth-order valence-corrected chi connectivity index (χ4v) is 1.84. The van der Waals surface area contributed by atoms with Crippen molar-refractivity contribution in [3.05, 3.63) is 51.6 Å². The molecule has 2 rings (SSSR count). The Morgan fingerprint density at radius 2 is 1.89 bits per heavy atom. The lowest BCUT2D eigenvalue weighted by Crippen LogP contribution is -2.05. The lowest BCUT2D eigenvalue weighted by Gasteiger charge is -2.12. The van der Waals surface area contributed by atoms with E-state index in [4.69, 9.17) is 11.6 Å². The van der Waals surface area contributed by atoms with Gasteiger partial charge >= 0.3 is 6.18 Å². The molecule has 0 saturated heterocycles. The quantitative estimate of drug-likeness (QED) is 0.798. The number of aromatic nitrogens is 1. The maximum Gasteiger partial charge on any atom is 0.416 e. The molecule has 0 atom stereocenters. The second-order valence-electron chi connectivity index (χ2n) is 3.68. The molecule has 2 aromatic rings. The van der Waals surface area contributed by atoms with Gasteiger partial charge in [0, 0.05) is 10.7 Å². The van der Waals surface area contributed by atoms with Crippen molar-refractivity contribution < 1.29 is 13.2 Å². The van der Waals surface area contributed by atoms with E-state index >= 15 is 0 Å². The lowest BCUT2D eigenvalue weighted by atomic mass is 10.2. The summed E-state index contributed by atoms with van der Waals surface area (Å²) in [6, 6.07) is 6.53. The first-order valence-electron chi connectivity index (χ1n) is 5.11. The second-order valence-corrected chi connectivity index (χ2v) is 4.97. The van der Waals surface area contributed by atoms with Gasteiger partial charge in [0.05, 0.1) is 16.3 Å². The Hall–Kier alpha value is -1.27. The summed E-state index contributed by atoms with van der Waals surface area (Å²) in [5.74, 6) is 0.407. The number of nitrogens with one attached hydrogen (secondary N) is 1. The van der Waals surface area contributed by atoms with Gasteiger partial charge in [0.2, 0.25) is 0 Å². The van der Waals surface area contributed by atoms with Crippen LogP contribution in [0.4, 0.5) is 24.7 Å². The van der Waals surface area contributed by atoms with Gasteiger partial charge < -0.3 is 5.32 Å². The molecule has 100 valence electrons. The molecule has 0 aliphatic carbocycles. The third kappa shape index (κ3) is 3.61. The lowest BCUT2D eigenvalue weighted by molar-refractivity contribution is -0.137. The van der Waals surface area contributed by atoms with Gasteiger partial charge in [-0.2, -0.15) is 13.2 Å². The van der Waals surface area contributed by atoms with E-state index < -0.39 is 11.7 Å². The van der Waals surface area contributed by atoms with E-state index in [0.717, 1.165) is 12.1 Å². The molecule has 0 radical (unpaired) electrons. The standard InChI is InChI=1S/C12H7BrClF3N2/c13-9-3-1-7(12(15,16)17)5-10(9)19-11-4-2-8(14)6-18-11/h1-6H,(H,18,19). The summed E-state index contributed by atoms with van der Waals surface area (Å²) in [7, 11) is 0. The number of hydrogen-bond acceptors (Lipinski definition) is 2. The second kappa shape index (κ2) is 5.38. The van der Waals surface area contributed by atoms with Gasteiger partial charge in [0.15, 0.2) is 0 Å². The Balaban J connectivity index is 2.31. The molecule has 0 fully saturated rings. The van der Waals surface area contributed by atoms with Crippen molar-refractivity contribution in [1.82, 2.24) is 4.98 Å². The predicted octanol–water partition coefficient (Wildman–Crippen LogP) is 5.26. The molecule has 1 N–H and O–H groups in total. The Morgan fingerprint density at radius 1 is 1.16 bits per heavy atom. The van der Waals surface area contributed by atoms with E-state index in [1.165, 1.54) is 12.3 Å². The maximum atomic E-state index is 12.6. The zero-order valence-electron chi connectivity index (χ0n) is 9.30. The minimum absolute atomic E-state index is 0.282. The topological polar surface area (TPSA) is 24.9 Å². The van der Waals surface area contributed by atoms with Crippen LogP contribution in [0, 0.1) is 0 Å². The molecule has 19 heavy (non-hydrogen) atoms. The molecule has 0 aliphatic heterocycles. The maximum absolute atomic E-state index is 12.6. The average molecular weight is 352 g/mol. The number of benzene rings is 1. The highest BCUT2D eigenvalue weighted by Gasteiger charge is 2.30. The summed E-state index contributed by atoms with van der Waals surface area (Å²) in [6.07, 6.45) is -2.98. The summed E-state index contributed by atoms with van der Waals surface area (Å²) < 4.78 is 38.4. The summed E-state index contributed by atoms with van der Waals surface area (Å²) in [4.78, 5) is 3.96. The van der Waals surface area contributed by atoms with E-state index in [1.54, 1.807) is 12.1 Å². The third-order valence-electron chi connectivity index (χ3n) is 2.28. The van der Waals surface area contributed by atoms with Gasteiger partial charge in [-0.3, -0.25) is 0 Å². The Kier molecular flexibility index (Phi) is 4.01. The molecule has 0 saturated carbocycles. The zero-order valence-corrected chi connectivity index (χ0v) is 11.6. The number of anilines is 2. The molecule has 0 spiro atoms. The van der Waals surface area contributed by atoms with Crippen molar-refractivity contribution >= 4 is 39.0 Å². The van der Waals surface area contributed by atoms with E-state index in [2.05, 4.69) is 26.2 Å². The van der Waals surface area contributed by atoms with Gasteiger partial charge in [-0.05, 0) is 46.3 Å². The average Bonchev–Trinajstić information content (AvgIpc) is 2.33. The Bertz CT molecular complexity index is 585. The molecular formula is C12H7BrClF3N2. The van der Waals surface area contributed by atoms with Gasteiger partial charge in [-0.15, -0.1) is 0 Å². The highest BCUT2D eigenvalue weighted by atomic mass is 79.9. The molecule has 0 amide bonds. The molecule has 2 nitrogen and oxygen atoms in total. The zero-order chi connectivity index (χ0) is 14.0. The fourth-order valence-electron chi connectivity index (χ4n) is 1.39.